The first kappa shape index (κ1) is 22.1. The molecule has 3 nitrogen and oxygen atoms in total. The zero-order valence-corrected chi connectivity index (χ0v) is 20.3. The first-order chi connectivity index (χ1) is 14.9. The molecule has 0 amide bonds. The average molecular weight is 517 g/mol. The van der Waals surface area contributed by atoms with Crippen molar-refractivity contribution < 1.29 is 8.42 Å². The Hall–Kier alpha value is -2.08. The van der Waals surface area contributed by atoms with Gasteiger partial charge in [0.2, 0.25) is 9.84 Å². The highest BCUT2D eigenvalue weighted by atomic mass is 79.9. The van der Waals surface area contributed by atoms with Crippen LogP contribution in [-0.4, -0.2) is 26.8 Å². The number of sulfone groups is 1. The molecular formula is C25H23BrClNO2S. The van der Waals surface area contributed by atoms with Gasteiger partial charge in [-0.25, -0.2) is 8.42 Å². The number of hydrogen-bond donors (Lipinski definition) is 0. The van der Waals surface area contributed by atoms with Crippen LogP contribution in [0, 0.1) is 12.8 Å². The number of benzene rings is 3. The average Bonchev–Trinajstić information content (AvgIpc) is 2.79. The predicted molar refractivity (Wildman–Crippen MR) is 133 cm³/mol. The molecular weight excluding hydrogens is 494 g/mol. The number of alkyl halides is 1. The second-order valence-electron chi connectivity index (χ2n) is 7.73. The van der Waals surface area contributed by atoms with E-state index in [1.54, 1.807) is 24.3 Å². The fraction of sp³-hybridized carbons (Fsp3) is 0.200. The highest BCUT2D eigenvalue weighted by Crippen LogP contribution is 2.39. The largest absolute Gasteiger partial charge is 0.366 e. The number of rotatable bonds is 5. The molecule has 0 radical (unpaired) electrons. The van der Waals surface area contributed by atoms with Gasteiger partial charge in [0, 0.05) is 28.5 Å². The van der Waals surface area contributed by atoms with Gasteiger partial charge in [-0.05, 0) is 54.5 Å². The van der Waals surface area contributed by atoms with Gasteiger partial charge in [0.1, 0.15) is 0 Å². The second-order valence-corrected chi connectivity index (χ2v) is 10.8. The van der Waals surface area contributed by atoms with Crippen LogP contribution in [0.25, 0.3) is 5.57 Å². The summed E-state index contributed by atoms with van der Waals surface area (Å²) >= 11 is 9.66. The number of anilines is 1. The molecule has 0 saturated carbocycles. The lowest BCUT2D eigenvalue weighted by molar-refractivity contribution is 0.596. The maximum atomic E-state index is 13.8. The lowest BCUT2D eigenvalue weighted by atomic mass is 9.90. The van der Waals surface area contributed by atoms with Crippen molar-refractivity contribution in [2.45, 2.75) is 11.8 Å². The van der Waals surface area contributed by atoms with Gasteiger partial charge in [0.15, 0.2) is 0 Å². The molecule has 0 N–H and O–H groups in total. The van der Waals surface area contributed by atoms with Crippen LogP contribution in [0.2, 0.25) is 5.02 Å². The third-order valence-corrected chi connectivity index (χ3v) is 8.53. The summed E-state index contributed by atoms with van der Waals surface area (Å²) in [5.41, 5.74) is 4.03. The summed E-state index contributed by atoms with van der Waals surface area (Å²) in [5, 5.41) is 1.18. The summed E-state index contributed by atoms with van der Waals surface area (Å²) in [7, 11) is -3.71. The summed E-state index contributed by atoms with van der Waals surface area (Å²) in [6.07, 6.45) is 0. The van der Waals surface area contributed by atoms with E-state index in [-0.39, 0.29) is 10.8 Å². The standard InChI is InChI=1S/C25H23BrClNO2S/c1-18-7-11-22(12-8-18)28-16-20(15-26)25(19-5-3-2-4-6-19)24(17-28)31(29,30)23-13-9-21(27)10-14-23/h2-14,20H,15-17H2,1H3. The molecule has 0 spiro atoms. The first-order valence-corrected chi connectivity index (χ1v) is 13.0. The summed E-state index contributed by atoms with van der Waals surface area (Å²) in [6, 6.07) is 24.5. The Kier molecular flexibility index (Phi) is 6.56. The Bertz CT molecular complexity index is 1190. The molecule has 0 aliphatic carbocycles. The molecule has 3 aromatic rings. The number of nitrogens with zero attached hydrogens (tertiary/aromatic N) is 1. The van der Waals surface area contributed by atoms with Crippen LogP contribution in [0.1, 0.15) is 11.1 Å². The zero-order chi connectivity index (χ0) is 22.0. The van der Waals surface area contributed by atoms with E-state index >= 15 is 0 Å². The van der Waals surface area contributed by atoms with Crippen molar-refractivity contribution in [1.29, 1.82) is 0 Å². The molecule has 3 aromatic carbocycles. The third kappa shape index (κ3) is 4.59. The monoisotopic (exact) mass is 515 g/mol. The minimum absolute atomic E-state index is 0.0227. The molecule has 1 unspecified atom stereocenters. The zero-order valence-electron chi connectivity index (χ0n) is 17.1. The number of aryl methyl sites for hydroxylation is 1. The Morgan fingerprint density at radius 1 is 0.968 bits per heavy atom. The van der Waals surface area contributed by atoms with Crippen LogP contribution < -0.4 is 4.90 Å². The van der Waals surface area contributed by atoms with Gasteiger partial charge in [0.25, 0.3) is 0 Å². The van der Waals surface area contributed by atoms with E-state index in [1.807, 2.05) is 37.3 Å². The molecule has 1 aliphatic heterocycles. The molecule has 31 heavy (non-hydrogen) atoms. The highest BCUT2D eigenvalue weighted by molar-refractivity contribution is 9.09. The maximum absolute atomic E-state index is 13.8. The summed E-state index contributed by atoms with van der Waals surface area (Å²) in [6.45, 7) is 3.10. The number of halogens is 2. The molecule has 0 fully saturated rings. The Morgan fingerprint density at radius 3 is 2.23 bits per heavy atom. The van der Waals surface area contributed by atoms with Gasteiger partial charge in [0.05, 0.1) is 16.3 Å². The normalized spacial score (nSPS) is 17.1. The van der Waals surface area contributed by atoms with Crippen molar-refractivity contribution in [3.05, 3.63) is 99.9 Å². The van der Waals surface area contributed by atoms with Crippen molar-refractivity contribution in [2.24, 2.45) is 5.92 Å². The molecule has 1 aliphatic rings. The fourth-order valence-electron chi connectivity index (χ4n) is 3.99. The van der Waals surface area contributed by atoms with E-state index in [4.69, 9.17) is 11.6 Å². The Balaban J connectivity index is 1.89. The van der Waals surface area contributed by atoms with Crippen molar-refractivity contribution in [3.8, 4) is 0 Å². The lowest BCUT2D eigenvalue weighted by Gasteiger charge is -2.37. The smallest absolute Gasteiger partial charge is 0.204 e. The Morgan fingerprint density at radius 2 is 1.61 bits per heavy atom. The van der Waals surface area contributed by atoms with Crippen LogP contribution in [0.15, 0.2) is 88.7 Å². The van der Waals surface area contributed by atoms with E-state index in [9.17, 15) is 8.42 Å². The predicted octanol–water partition coefficient (Wildman–Crippen LogP) is 6.36. The summed E-state index contributed by atoms with van der Waals surface area (Å²) < 4.78 is 27.7. The van der Waals surface area contributed by atoms with E-state index in [0.29, 0.717) is 21.8 Å². The summed E-state index contributed by atoms with van der Waals surface area (Å²) in [5.74, 6) is 0.0227. The molecule has 0 saturated heterocycles. The van der Waals surface area contributed by atoms with Crippen molar-refractivity contribution in [1.82, 2.24) is 0 Å². The van der Waals surface area contributed by atoms with Crippen LogP contribution in [0.4, 0.5) is 5.69 Å². The topological polar surface area (TPSA) is 37.4 Å². The second kappa shape index (κ2) is 9.19. The van der Waals surface area contributed by atoms with Crippen LogP contribution in [-0.2, 0) is 9.84 Å². The van der Waals surface area contributed by atoms with Gasteiger partial charge >= 0.3 is 0 Å². The minimum atomic E-state index is -3.71. The quantitative estimate of drug-likeness (QED) is 0.370. The van der Waals surface area contributed by atoms with E-state index in [0.717, 1.165) is 23.4 Å². The van der Waals surface area contributed by atoms with E-state index in [2.05, 4.69) is 45.1 Å². The molecule has 1 atom stereocenters. The fourth-order valence-corrected chi connectivity index (χ4v) is 6.32. The maximum Gasteiger partial charge on any atom is 0.204 e. The van der Waals surface area contributed by atoms with Gasteiger partial charge < -0.3 is 4.90 Å². The minimum Gasteiger partial charge on any atom is -0.366 e. The van der Waals surface area contributed by atoms with Crippen LogP contribution >= 0.6 is 27.5 Å². The van der Waals surface area contributed by atoms with Crippen molar-refractivity contribution in [3.63, 3.8) is 0 Å². The van der Waals surface area contributed by atoms with Crippen LogP contribution in [0.3, 0.4) is 0 Å². The van der Waals surface area contributed by atoms with Crippen LogP contribution in [0.5, 0.6) is 0 Å². The summed E-state index contributed by atoms with van der Waals surface area (Å²) in [4.78, 5) is 2.86. The first-order valence-electron chi connectivity index (χ1n) is 10.1. The lowest BCUT2D eigenvalue weighted by Crippen LogP contribution is -2.39. The SMILES string of the molecule is Cc1ccc(N2CC(S(=O)(=O)c3ccc(Cl)cc3)=C(c3ccccc3)C(CBr)C2)cc1. The van der Waals surface area contributed by atoms with E-state index < -0.39 is 9.84 Å². The van der Waals surface area contributed by atoms with Gasteiger partial charge in [-0.1, -0.05) is 75.6 Å². The van der Waals surface area contributed by atoms with Crippen molar-refractivity contribution >= 4 is 48.6 Å². The van der Waals surface area contributed by atoms with Crippen molar-refractivity contribution in [2.75, 3.05) is 23.3 Å². The third-order valence-electron chi connectivity index (χ3n) is 5.60. The van der Waals surface area contributed by atoms with Gasteiger partial charge in [-0.15, -0.1) is 0 Å². The van der Waals surface area contributed by atoms with Gasteiger partial charge in [-0.3, -0.25) is 0 Å². The van der Waals surface area contributed by atoms with E-state index in [1.165, 1.54) is 5.56 Å². The highest BCUT2D eigenvalue weighted by Gasteiger charge is 2.35. The molecule has 4 rings (SSSR count). The molecule has 1 heterocycles. The molecule has 0 bridgehead atoms. The molecule has 6 heteroatoms. The number of hydrogen-bond acceptors (Lipinski definition) is 3. The molecule has 160 valence electrons. The van der Waals surface area contributed by atoms with Gasteiger partial charge in [-0.2, -0.15) is 0 Å². The Labute approximate surface area is 197 Å². The molecule has 0 aromatic heterocycles.